The molecule has 2 rings (SSSR count). The lowest BCUT2D eigenvalue weighted by Gasteiger charge is -2.05. The van der Waals surface area contributed by atoms with Gasteiger partial charge in [-0.15, -0.1) is 0 Å². The van der Waals surface area contributed by atoms with Gasteiger partial charge in [0.15, 0.2) is 0 Å². The Labute approximate surface area is 111 Å². The van der Waals surface area contributed by atoms with E-state index >= 15 is 0 Å². The number of nitrogen functional groups attached to an aromatic ring is 1. The minimum absolute atomic E-state index is 0.161. The van der Waals surface area contributed by atoms with Crippen LogP contribution < -0.4 is 5.73 Å². The zero-order valence-corrected chi connectivity index (χ0v) is 10.8. The fourth-order valence-corrected chi connectivity index (χ4v) is 3.03. The molecule has 0 saturated heterocycles. The molecule has 1 aromatic heterocycles. The second kappa shape index (κ2) is 5.46. The molecule has 1 unspecified atom stereocenters. The first-order chi connectivity index (χ1) is 8.56. The molecule has 18 heavy (non-hydrogen) atoms. The number of pyridine rings is 1. The second-order valence-corrected chi connectivity index (χ2v) is 5.52. The lowest BCUT2D eigenvalue weighted by atomic mass is 10.3. The second-order valence-electron chi connectivity index (χ2n) is 3.69. The Balaban J connectivity index is 2.22. The highest BCUT2D eigenvalue weighted by molar-refractivity contribution is 7.84. The average molecular weight is 285 g/mol. The summed E-state index contributed by atoms with van der Waals surface area (Å²) in [6.07, 6.45) is 2.58. The van der Waals surface area contributed by atoms with Gasteiger partial charge in [-0.2, -0.15) is 0 Å². The van der Waals surface area contributed by atoms with Crippen LogP contribution in [0.25, 0.3) is 0 Å². The summed E-state index contributed by atoms with van der Waals surface area (Å²) < 4.78 is 25.0. The molecule has 0 saturated carbocycles. The van der Waals surface area contributed by atoms with Gasteiger partial charge in [0.05, 0.1) is 32.7 Å². The summed E-state index contributed by atoms with van der Waals surface area (Å²) in [5, 5.41) is 0.345. The third kappa shape index (κ3) is 3.05. The first kappa shape index (κ1) is 13.0. The number of hydrogen-bond donors (Lipinski definition) is 1. The van der Waals surface area contributed by atoms with E-state index < -0.39 is 16.6 Å². The summed E-state index contributed by atoms with van der Waals surface area (Å²) >= 11 is 5.96. The number of benzene rings is 1. The molecule has 0 aliphatic carbocycles. The van der Waals surface area contributed by atoms with Gasteiger partial charge < -0.3 is 5.73 Å². The molecule has 0 radical (unpaired) electrons. The molecule has 3 nitrogen and oxygen atoms in total. The van der Waals surface area contributed by atoms with Crippen LogP contribution in [0, 0.1) is 5.82 Å². The molecule has 1 heterocycles. The Morgan fingerprint density at radius 2 is 2.11 bits per heavy atom. The summed E-state index contributed by atoms with van der Waals surface area (Å²) in [6, 6.07) is 6.08. The SMILES string of the molecule is Nc1ccc(S(=O)Cc2cncc(F)c2)c(Cl)c1. The maximum Gasteiger partial charge on any atom is 0.141 e. The van der Waals surface area contributed by atoms with Crippen LogP contribution in [-0.4, -0.2) is 9.19 Å². The normalized spacial score (nSPS) is 12.3. The van der Waals surface area contributed by atoms with Crippen LogP contribution in [0.1, 0.15) is 5.56 Å². The van der Waals surface area contributed by atoms with Crippen LogP contribution in [0.3, 0.4) is 0 Å². The predicted molar refractivity (Wildman–Crippen MR) is 70.2 cm³/mol. The van der Waals surface area contributed by atoms with E-state index in [1.165, 1.54) is 12.3 Å². The Morgan fingerprint density at radius 1 is 1.33 bits per heavy atom. The summed E-state index contributed by atoms with van der Waals surface area (Å²) in [5.41, 5.74) is 6.62. The number of anilines is 1. The number of halogens is 2. The Hall–Kier alpha value is -1.46. The van der Waals surface area contributed by atoms with E-state index in [2.05, 4.69) is 4.98 Å². The number of hydrogen-bond acceptors (Lipinski definition) is 3. The lowest BCUT2D eigenvalue weighted by molar-refractivity contribution is 0.619. The van der Waals surface area contributed by atoms with Gasteiger partial charge in [0.25, 0.3) is 0 Å². The molecule has 1 aromatic carbocycles. The number of rotatable bonds is 3. The first-order valence-electron chi connectivity index (χ1n) is 5.09. The van der Waals surface area contributed by atoms with Crippen LogP contribution in [0.5, 0.6) is 0 Å². The highest BCUT2D eigenvalue weighted by Crippen LogP contribution is 2.24. The van der Waals surface area contributed by atoms with Gasteiger partial charge in [-0.05, 0) is 29.8 Å². The Bertz CT molecular complexity index is 606. The quantitative estimate of drug-likeness (QED) is 0.882. The van der Waals surface area contributed by atoms with Crippen molar-refractivity contribution in [3.63, 3.8) is 0 Å². The molecule has 94 valence electrons. The van der Waals surface area contributed by atoms with Crippen molar-refractivity contribution in [1.29, 1.82) is 0 Å². The molecule has 0 aliphatic rings. The molecule has 1 atom stereocenters. The smallest absolute Gasteiger partial charge is 0.141 e. The summed E-state index contributed by atoms with van der Waals surface area (Å²) in [5.74, 6) is -0.290. The van der Waals surface area contributed by atoms with Gasteiger partial charge >= 0.3 is 0 Å². The highest BCUT2D eigenvalue weighted by atomic mass is 35.5. The van der Waals surface area contributed by atoms with Crippen molar-refractivity contribution in [2.24, 2.45) is 0 Å². The van der Waals surface area contributed by atoms with Crippen LogP contribution >= 0.6 is 11.6 Å². The van der Waals surface area contributed by atoms with E-state index in [0.29, 0.717) is 21.2 Å². The Morgan fingerprint density at radius 3 is 2.78 bits per heavy atom. The molecule has 0 fully saturated rings. The van der Waals surface area contributed by atoms with E-state index in [0.717, 1.165) is 6.20 Å². The molecule has 2 aromatic rings. The topological polar surface area (TPSA) is 56.0 Å². The molecule has 0 amide bonds. The number of nitrogens with zero attached hydrogens (tertiary/aromatic N) is 1. The number of nitrogens with two attached hydrogens (primary N) is 1. The summed E-state index contributed by atoms with van der Waals surface area (Å²) in [6.45, 7) is 0. The largest absolute Gasteiger partial charge is 0.399 e. The fourth-order valence-electron chi connectivity index (χ4n) is 1.47. The van der Waals surface area contributed by atoms with Crippen molar-refractivity contribution < 1.29 is 8.60 Å². The average Bonchev–Trinajstić information content (AvgIpc) is 2.28. The van der Waals surface area contributed by atoms with Gasteiger partial charge in [-0.3, -0.25) is 9.19 Å². The van der Waals surface area contributed by atoms with Crippen molar-refractivity contribution in [3.8, 4) is 0 Å². The van der Waals surface area contributed by atoms with Crippen molar-refractivity contribution >= 4 is 28.1 Å². The van der Waals surface area contributed by atoms with Crippen molar-refractivity contribution in [2.75, 3.05) is 5.73 Å². The first-order valence-corrected chi connectivity index (χ1v) is 6.79. The van der Waals surface area contributed by atoms with Gasteiger partial charge in [-0.25, -0.2) is 4.39 Å². The van der Waals surface area contributed by atoms with Crippen molar-refractivity contribution in [3.05, 3.63) is 53.1 Å². The zero-order chi connectivity index (χ0) is 13.1. The van der Waals surface area contributed by atoms with E-state index in [1.54, 1.807) is 18.2 Å². The Kier molecular flexibility index (Phi) is 3.93. The molecular weight excluding hydrogens is 275 g/mol. The van der Waals surface area contributed by atoms with E-state index in [4.69, 9.17) is 17.3 Å². The third-order valence-electron chi connectivity index (χ3n) is 2.26. The monoisotopic (exact) mass is 284 g/mol. The van der Waals surface area contributed by atoms with E-state index in [-0.39, 0.29) is 5.75 Å². The van der Waals surface area contributed by atoms with Gasteiger partial charge in [0.2, 0.25) is 0 Å². The van der Waals surface area contributed by atoms with Crippen LogP contribution in [0.15, 0.2) is 41.6 Å². The third-order valence-corrected chi connectivity index (χ3v) is 4.13. The molecule has 6 heteroatoms. The van der Waals surface area contributed by atoms with Crippen LogP contribution in [0.4, 0.5) is 10.1 Å². The minimum Gasteiger partial charge on any atom is -0.399 e. The summed E-state index contributed by atoms with van der Waals surface area (Å²) in [4.78, 5) is 4.19. The molecule has 2 N–H and O–H groups in total. The zero-order valence-electron chi connectivity index (χ0n) is 9.27. The van der Waals surface area contributed by atoms with E-state index in [9.17, 15) is 8.60 Å². The van der Waals surface area contributed by atoms with Gasteiger partial charge in [-0.1, -0.05) is 11.6 Å². The molecule has 0 spiro atoms. The van der Waals surface area contributed by atoms with Crippen LogP contribution in [0.2, 0.25) is 5.02 Å². The van der Waals surface area contributed by atoms with Gasteiger partial charge in [0, 0.05) is 11.9 Å². The standard InChI is InChI=1S/C12H10ClFN2OS/c13-11-4-10(15)1-2-12(11)18(17)7-8-3-9(14)6-16-5-8/h1-6H,7,15H2. The number of aromatic nitrogens is 1. The predicted octanol–water partition coefficient (Wildman–Crippen LogP) is 2.76. The molecule has 0 bridgehead atoms. The highest BCUT2D eigenvalue weighted by Gasteiger charge is 2.10. The minimum atomic E-state index is -1.36. The van der Waals surface area contributed by atoms with Crippen molar-refractivity contribution in [2.45, 2.75) is 10.6 Å². The maximum absolute atomic E-state index is 12.9. The lowest BCUT2D eigenvalue weighted by Crippen LogP contribution is -1.99. The van der Waals surface area contributed by atoms with Crippen molar-refractivity contribution in [1.82, 2.24) is 4.98 Å². The van der Waals surface area contributed by atoms with Gasteiger partial charge in [0.1, 0.15) is 5.82 Å². The van der Waals surface area contributed by atoms with E-state index in [1.807, 2.05) is 0 Å². The summed E-state index contributed by atoms with van der Waals surface area (Å²) in [7, 11) is -1.36. The molecular formula is C12H10ClFN2OS. The maximum atomic E-state index is 12.9. The van der Waals surface area contributed by atoms with Crippen LogP contribution in [-0.2, 0) is 16.6 Å². The molecule has 0 aliphatic heterocycles. The fraction of sp³-hybridized carbons (Fsp3) is 0.0833.